The maximum Gasteiger partial charge on any atom is 0.177 e. The Morgan fingerprint density at radius 1 is 1.39 bits per heavy atom. The molecule has 0 saturated carbocycles. The van der Waals surface area contributed by atoms with Crippen LogP contribution in [0.1, 0.15) is 38.4 Å². The Balaban J connectivity index is 2.37. The molecular formula is C13H19NO3S. The van der Waals surface area contributed by atoms with Gasteiger partial charge in [0.1, 0.15) is 0 Å². The second-order valence-electron chi connectivity index (χ2n) is 5.47. The Morgan fingerprint density at radius 3 is 2.56 bits per heavy atom. The van der Waals surface area contributed by atoms with Gasteiger partial charge in [0.25, 0.3) is 0 Å². The van der Waals surface area contributed by atoms with Crippen molar-refractivity contribution in [2.75, 3.05) is 12.0 Å². The average molecular weight is 269 g/mol. The molecule has 1 unspecified atom stereocenters. The zero-order valence-corrected chi connectivity index (χ0v) is 11.8. The van der Waals surface area contributed by atoms with E-state index in [0.717, 1.165) is 18.4 Å². The number of rotatable bonds is 2. The van der Waals surface area contributed by atoms with Crippen molar-refractivity contribution in [2.45, 2.75) is 43.3 Å². The van der Waals surface area contributed by atoms with Gasteiger partial charge in [-0.05, 0) is 44.4 Å². The Bertz CT molecular complexity index is 564. The van der Waals surface area contributed by atoms with Crippen LogP contribution >= 0.6 is 0 Å². The predicted octanol–water partition coefficient (Wildman–Crippen LogP) is 2.30. The number of hydrogen-bond donors (Lipinski definition) is 1. The number of hydrogen-bond acceptors (Lipinski definition) is 4. The van der Waals surface area contributed by atoms with Crippen LogP contribution in [0.4, 0.5) is 5.69 Å². The molecule has 0 radical (unpaired) electrons. The lowest BCUT2D eigenvalue weighted by Crippen LogP contribution is -2.17. The number of benzene rings is 1. The molecule has 1 atom stereocenters. The number of sulfone groups is 1. The molecule has 1 aromatic carbocycles. The smallest absolute Gasteiger partial charge is 0.177 e. The monoisotopic (exact) mass is 269 g/mol. The number of nitrogen functional groups attached to an aromatic ring is 1. The third kappa shape index (κ3) is 2.67. The Kier molecular flexibility index (Phi) is 3.15. The Hall–Kier alpha value is -1.07. The van der Waals surface area contributed by atoms with E-state index >= 15 is 0 Å². The minimum absolute atomic E-state index is 0.0406. The van der Waals surface area contributed by atoms with Crippen LogP contribution in [0.5, 0.6) is 0 Å². The van der Waals surface area contributed by atoms with Gasteiger partial charge in [0.05, 0.1) is 22.3 Å². The molecule has 1 aliphatic rings. The average Bonchev–Trinajstić information content (AvgIpc) is 2.58. The highest BCUT2D eigenvalue weighted by Crippen LogP contribution is 2.39. The van der Waals surface area contributed by atoms with Crippen LogP contribution in [-0.2, 0) is 14.6 Å². The van der Waals surface area contributed by atoms with Gasteiger partial charge in [-0.2, -0.15) is 0 Å². The minimum atomic E-state index is -3.29. The van der Waals surface area contributed by atoms with Crippen molar-refractivity contribution >= 4 is 15.5 Å². The molecule has 0 aromatic heterocycles. The first-order chi connectivity index (χ1) is 8.19. The third-order valence-electron chi connectivity index (χ3n) is 3.28. The van der Waals surface area contributed by atoms with Gasteiger partial charge in [-0.15, -0.1) is 0 Å². The molecule has 2 N–H and O–H groups in total. The van der Waals surface area contributed by atoms with Crippen LogP contribution in [0.3, 0.4) is 0 Å². The van der Waals surface area contributed by atoms with E-state index in [0.29, 0.717) is 5.69 Å². The van der Waals surface area contributed by atoms with Crippen LogP contribution in [0, 0.1) is 0 Å². The van der Waals surface area contributed by atoms with Crippen molar-refractivity contribution in [1.29, 1.82) is 0 Å². The predicted molar refractivity (Wildman–Crippen MR) is 71.1 cm³/mol. The molecule has 1 saturated heterocycles. The van der Waals surface area contributed by atoms with Gasteiger partial charge in [-0.1, -0.05) is 6.07 Å². The lowest BCUT2D eigenvalue weighted by molar-refractivity contribution is -0.0164. The summed E-state index contributed by atoms with van der Waals surface area (Å²) in [6.45, 7) is 4.09. The van der Waals surface area contributed by atoms with Crippen molar-refractivity contribution in [2.24, 2.45) is 0 Å². The summed E-state index contributed by atoms with van der Waals surface area (Å²) >= 11 is 0. The fourth-order valence-electron chi connectivity index (χ4n) is 2.29. The van der Waals surface area contributed by atoms with Crippen LogP contribution in [-0.4, -0.2) is 20.3 Å². The highest BCUT2D eigenvalue weighted by atomic mass is 32.2. The molecule has 1 heterocycles. The molecule has 1 aliphatic heterocycles. The number of nitrogens with two attached hydrogens (primary N) is 1. The van der Waals surface area contributed by atoms with Gasteiger partial charge >= 0.3 is 0 Å². The molecule has 1 fully saturated rings. The molecule has 0 spiro atoms. The largest absolute Gasteiger partial charge is 0.398 e. The zero-order valence-electron chi connectivity index (χ0n) is 10.9. The Morgan fingerprint density at radius 2 is 2.06 bits per heavy atom. The van der Waals surface area contributed by atoms with E-state index in [9.17, 15) is 8.42 Å². The number of ether oxygens (including phenoxy) is 1. The molecule has 100 valence electrons. The van der Waals surface area contributed by atoms with Gasteiger partial charge in [0, 0.05) is 6.26 Å². The molecule has 4 nitrogen and oxygen atoms in total. The van der Waals surface area contributed by atoms with Gasteiger partial charge in [-0.3, -0.25) is 0 Å². The summed E-state index contributed by atoms with van der Waals surface area (Å²) < 4.78 is 29.2. The fourth-order valence-corrected chi connectivity index (χ4v) is 3.14. The lowest BCUT2D eigenvalue weighted by atomic mass is 10.0. The molecule has 0 aliphatic carbocycles. The molecule has 5 heteroatoms. The van der Waals surface area contributed by atoms with E-state index in [2.05, 4.69) is 0 Å². The zero-order chi connectivity index (χ0) is 13.6. The first kappa shape index (κ1) is 13.4. The van der Waals surface area contributed by atoms with E-state index in [1.807, 2.05) is 19.9 Å². The summed E-state index contributed by atoms with van der Waals surface area (Å²) in [5.41, 5.74) is 6.74. The van der Waals surface area contributed by atoms with E-state index < -0.39 is 9.84 Å². The van der Waals surface area contributed by atoms with Crippen molar-refractivity contribution in [3.8, 4) is 0 Å². The molecule has 0 bridgehead atoms. The molecule has 1 aromatic rings. The van der Waals surface area contributed by atoms with Crippen LogP contribution < -0.4 is 5.73 Å². The first-order valence-electron chi connectivity index (χ1n) is 5.96. The second-order valence-corrected chi connectivity index (χ2v) is 7.46. The fraction of sp³-hybridized carbons (Fsp3) is 0.538. The molecule has 0 amide bonds. The van der Waals surface area contributed by atoms with E-state index in [1.54, 1.807) is 12.1 Å². The van der Waals surface area contributed by atoms with Crippen LogP contribution in [0.15, 0.2) is 23.1 Å². The Labute approximate surface area is 108 Å². The van der Waals surface area contributed by atoms with Crippen molar-refractivity contribution in [3.05, 3.63) is 23.8 Å². The van der Waals surface area contributed by atoms with Crippen LogP contribution in [0.2, 0.25) is 0 Å². The summed E-state index contributed by atoms with van der Waals surface area (Å²) in [5.74, 6) is 0. The normalized spacial score (nSPS) is 23.2. The summed E-state index contributed by atoms with van der Waals surface area (Å²) in [4.78, 5) is 0.188. The lowest BCUT2D eigenvalue weighted by Gasteiger charge is -2.20. The van der Waals surface area contributed by atoms with E-state index in [-0.39, 0.29) is 16.6 Å². The summed E-state index contributed by atoms with van der Waals surface area (Å²) in [5, 5.41) is 0. The third-order valence-corrected chi connectivity index (χ3v) is 4.43. The van der Waals surface area contributed by atoms with Crippen molar-refractivity contribution in [3.63, 3.8) is 0 Å². The van der Waals surface area contributed by atoms with Crippen molar-refractivity contribution < 1.29 is 13.2 Å². The first-order valence-corrected chi connectivity index (χ1v) is 7.85. The number of anilines is 1. The second kappa shape index (κ2) is 4.24. The maximum absolute atomic E-state index is 11.6. The van der Waals surface area contributed by atoms with Gasteiger partial charge < -0.3 is 10.5 Å². The topological polar surface area (TPSA) is 69.4 Å². The van der Waals surface area contributed by atoms with E-state index in [1.165, 1.54) is 6.26 Å². The summed E-state index contributed by atoms with van der Waals surface area (Å²) in [7, 11) is -3.29. The summed E-state index contributed by atoms with van der Waals surface area (Å²) in [6, 6.07) is 5.12. The highest BCUT2D eigenvalue weighted by molar-refractivity contribution is 7.90. The van der Waals surface area contributed by atoms with Gasteiger partial charge in [-0.25, -0.2) is 8.42 Å². The van der Waals surface area contributed by atoms with E-state index in [4.69, 9.17) is 10.5 Å². The SMILES string of the molecule is CC1(C)CCC(c2ccc(N)c(S(C)(=O)=O)c2)O1. The van der Waals surface area contributed by atoms with Crippen LogP contribution in [0.25, 0.3) is 0 Å². The molecule has 2 rings (SSSR count). The molecule has 18 heavy (non-hydrogen) atoms. The maximum atomic E-state index is 11.6. The minimum Gasteiger partial charge on any atom is -0.398 e. The van der Waals surface area contributed by atoms with Gasteiger partial charge in [0.15, 0.2) is 9.84 Å². The quantitative estimate of drug-likeness (QED) is 0.836. The van der Waals surface area contributed by atoms with Crippen molar-refractivity contribution in [1.82, 2.24) is 0 Å². The highest BCUT2D eigenvalue weighted by Gasteiger charge is 2.33. The molecular weight excluding hydrogens is 250 g/mol. The summed E-state index contributed by atoms with van der Waals surface area (Å²) in [6.07, 6.45) is 3.00. The van der Waals surface area contributed by atoms with Gasteiger partial charge in [0.2, 0.25) is 0 Å². The standard InChI is InChI=1S/C13H19NO3S/c1-13(2)7-6-11(17-13)9-4-5-10(14)12(8-9)18(3,15)16/h4-5,8,11H,6-7,14H2,1-3H3.